The molecule has 3 heterocycles. The molecule has 3 nitrogen and oxygen atoms in total. The number of rotatable bonds is 5. The average Bonchev–Trinajstić information content (AvgIpc) is 3.64. The van der Waals surface area contributed by atoms with E-state index in [0.717, 1.165) is 38.1 Å². The molecule has 0 N–H and O–H groups in total. The van der Waals surface area contributed by atoms with Gasteiger partial charge in [0.15, 0.2) is 0 Å². The molecule has 0 atom stereocenters. The van der Waals surface area contributed by atoms with Gasteiger partial charge in [0.05, 0.1) is 22.1 Å². The number of para-hydroxylation sites is 2. The van der Waals surface area contributed by atoms with Crippen molar-refractivity contribution < 1.29 is 0 Å². The van der Waals surface area contributed by atoms with E-state index in [4.69, 9.17) is 0 Å². The van der Waals surface area contributed by atoms with Crippen LogP contribution in [0.1, 0.15) is 5.56 Å². The van der Waals surface area contributed by atoms with Crippen molar-refractivity contribution in [3.05, 3.63) is 168 Å². The summed E-state index contributed by atoms with van der Waals surface area (Å²) in [5.74, 6) is 0.918. The molecule has 9 rings (SSSR count). The molecule has 4 heteroatoms. The third kappa shape index (κ3) is 4.52. The lowest BCUT2D eigenvalue weighted by Gasteiger charge is -2.11. The Kier molecular flexibility index (Phi) is 6.44. The fourth-order valence-electron chi connectivity index (χ4n) is 7.00. The Hall–Kier alpha value is -5.71. The summed E-state index contributed by atoms with van der Waals surface area (Å²) in [4.78, 5) is 4.68. The van der Waals surface area contributed by atoms with Gasteiger partial charge in [-0.3, -0.25) is 4.57 Å². The molecule has 0 radical (unpaired) electrons. The van der Waals surface area contributed by atoms with Gasteiger partial charge in [-0.1, -0.05) is 95.3 Å². The highest BCUT2D eigenvalue weighted by atomic mass is 79.9. The molecule has 0 saturated carbocycles. The minimum Gasteiger partial charge on any atom is -0.309 e. The van der Waals surface area contributed by atoms with Crippen LogP contribution in [0.4, 0.5) is 0 Å². The molecular weight excluding hydrogens is 638 g/mol. The van der Waals surface area contributed by atoms with Crippen LogP contribution < -0.4 is 0 Å². The van der Waals surface area contributed by atoms with Gasteiger partial charge < -0.3 is 4.57 Å². The van der Waals surface area contributed by atoms with Crippen molar-refractivity contribution in [3.63, 3.8) is 0 Å². The zero-order valence-electron chi connectivity index (χ0n) is 25.4. The molecule has 6 aromatic carbocycles. The molecule has 3 aromatic heterocycles. The maximum Gasteiger partial charge on any atom is 0.137 e. The predicted octanol–water partition coefficient (Wildman–Crippen LogP) is 12.0. The lowest BCUT2D eigenvalue weighted by molar-refractivity contribution is 1.08. The first-order chi connectivity index (χ1) is 23.2. The Bertz CT molecular complexity index is 2640. The average molecular weight is 667 g/mol. The summed E-state index contributed by atoms with van der Waals surface area (Å²) in [5.41, 5.74) is 11.6. The Labute approximate surface area is 280 Å². The molecule has 0 amide bonds. The maximum absolute atomic E-state index is 4.68. The molecule has 222 valence electrons. The molecule has 0 aliphatic rings. The van der Waals surface area contributed by atoms with Crippen LogP contribution in [0, 0.1) is 0 Å². The van der Waals surface area contributed by atoms with Crippen molar-refractivity contribution in [3.8, 4) is 33.8 Å². The maximum atomic E-state index is 4.68. The highest BCUT2D eigenvalue weighted by molar-refractivity contribution is 9.10. The topological polar surface area (TPSA) is 22.8 Å². The summed E-state index contributed by atoms with van der Waals surface area (Å²) >= 11 is 3.84. The normalized spacial score (nSPS) is 11.6. The SMILES string of the molecule is C=Cc1ccc(-n2c3ccccc3c3cc(-c4cc(Br)cc(-c5ccc6c(c5)c5ccccc5n6-c5ccccn5)c4)ccc32)cc1. The van der Waals surface area contributed by atoms with Gasteiger partial charge in [0.2, 0.25) is 0 Å². The van der Waals surface area contributed by atoms with Crippen LogP contribution in [0.25, 0.3) is 83.4 Å². The number of aromatic nitrogens is 3. The van der Waals surface area contributed by atoms with Gasteiger partial charge in [-0.15, -0.1) is 0 Å². The number of benzene rings is 6. The van der Waals surface area contributed by atoms with E-state index in [1.807, 2.05) is 24.4 Å². The third-order valence-electron chi connectivity index (χ3n) is 9.17. The minimum atomic E-state index is 0.918. The summed E-state index contributed by atoms with van der Waals surface area (Å²) in [5, 5.41) is 4.89. The first-order valence-corrected chi connectivity index (χ1v) is 16.5. The monoisotopic (exact) mass is 665 g/mol. The second-order valence-electron chi connectivity index (χ2n) is 11.9. The van der Waals surface area contributed by atoms with Crippen molar-refractivity contribution in [1.82, 2.24) is 14.1 Å². The standard InChI is InChI=1S/C43H28BrN3/c1-2-28-14-18-34(19-15-28)46-39-11-5-3-9-35(39)37-26-29(16-20-41(37)46)31-23-32(25-33(44)24-31)30-17-21-42-38(27-30)36-10-4-6-12-40(36)47(42)43-13-7-8-22-45-43/h2-27H,1H2. The number of pyridine rings is 1. The van der Waals surface area contributed by atoms with Crippen LogP contribution in [0.3, 0.4) is 0 Å². The Morgan fingerprint density at radius 2 is 1.04 bits per heavy atom. The number of nitrogens with zero attached hydrogens (tertiary/aromatic N) is 3. The van der Waals surface area contributed by atoms with Gasteiger partial charge in [-0.05, 0) is 107 Å². The van der Waals surface area contributed by atoms with Crippen molar-refractivity contribution in [2.75, 3.05) is 0 Å². The number of halogens is 1. The van der Waals surface area contributed by atoms with Crippen LogP contribution in [-0.2, 0) is 0 Å². The smallest absolute Gasteiger partial charge is 0.137 e. The molecule has 9 aromatic rings. The molecule has 0 unspecified atom stereocenters. The fourth-order valence-corrected chi connectivity index (χ4v) is 7.49. The van der Waals surface area contributed by atoms with Crippen LogP contribution >= 0.6 is 15.9 Å². The quantitative estimate of drug-likeness (QED) is 0.179. The highest BCUT2D eigenvalue weighted by Gasteiger charge is 2.16. The molecule has 0 fully saturated rings. The molecular formula is C43H28BrN3. The summed E-state index contributed by atoms with van der Waals surface area (Å²) in [7, 11) is 0. The fraction of sp³-hybridized carbons (Fsp3) is 0. The molecule has 47 heavy (non-hydrogen) atoms. The van der Waals surface area contributed by atoms with E-state index in [-0.39, 0.29) is 0 Å². The van der Waals surface area contributed by atoms with Crippen molar-refractivity contribution in [2.45, 2.75) is 0 Å². The molecule has 0 spiro atoms. The van der Waals surface area contributed by atoms with E-state index in [1.54, 1.807) is 0 Å². The van der Waals surface area contributed by atoms with Gasteiger partial charge in [0.25, 0.3) is 0 Å². The first-order valence-electron chi connectivity index (χ1n) is 15.7. The van der Waals surface area contributed by atoms with Crippen molar-refractivity contribution in [2.24, 2.45) is 0 Å². The van der Waals surface area contributed by atoms with E-state index >= 15 is 0 Å². The third-order valence-corrected chi connectivity index (χ3v) is 9.63. The van der Waals surface area contributed by atoms with Gasteiger partial charge >= 0.3 is 0 Å². The Morgan fingerprint density at radius 1 is 0.489 bits per heavy atom. The van der Waals surface area contributed by atoms with E-state index < -0.39 is 0 Å². The molecule has 0 aliphatic heterocycles. The summed E-state index contributed by atoms with van der Waals surface area (Å²) < 4.78 is 5.65. The van der Waals surface area contributed by atoms with Crippen LogP contribution in [0.2, 0.25) is 0 Å². The Balaban J connectivity index is 1.19. The predicted molar refractivity (Wildman–Crippen MR) is 202 cm³/mol. The second kappa shape index (κ2) is 11.0. The summed E-state index contributed by atoms with van der Waals surface area (Å²) in [6.07, 6.45) is 3.73. The minimum absolute atomic E-state index is 0.918. The van der Waals surface area contributed by atoms with Crippen LogP contribution in [-0.4, -0.2) is 14.1 Å². The zero-order chi connectivity index (χ0) is 31.5. The molecule has 0 aliphatic carbocycles. The van der Waals surface area contributed by atoms with Crippen LogP contribution in [0.5, 0.6) is 0 Å². The van der Waals surface area contributed by atoms with Gasteiger partial charge in [-0.2, -0.15) is 0 Å². The summed E-state index contributed by atoms with van der Waals surface area (Å²) in [6.45, 7) is 3.92. The van der Waals surface area contributed by atoms with E-state index in [9.17, 15) is 0 Å². The number of fused-ring (bicyclic) bond motifs is 6. The van der Waals surface area contributed by atoms with E-state index in [2.05, 4.69) is 170 Å². The first kappa shape index (κ1) is 27.6. The van der Waals surface area contributed by atoms with Crippen molar-refractivity contribution >= 4 is 65.6 Å². The van der Waals surface area contributed by atoms with Gasteiger partial charge in [0.1, 0.15) is 5.82 Å². The molecule has 0 bridgehead atoms. The Morgan fingerprint density at radius 3 is 1.64 bits per heavy atom. The highest BCUT2D eigenvalue weighted by Crippen LogP contribution is 2.39. The van der Waals surface area contributed by atoms with Crippen molar-refractivity contribution in [1.29, 1.82) is 0 Å². The van der Waals surface area contributed by atoms with Gasteiger partial charge in [0, 0.05) is 37.9 Å². The van der Waals surface area contributed by atoms with E-state index in [0.29, 0.717) is 0 Å². The number of hydrogen-bond acceptors (Lipinski definition) is 1. The number of hydrogen-bond donors (Lipinski definition) is 0. The van der Waals surface area contributed by atoms with Crippen LogP contribution in [0.15, 0.2) is 163 Å². The lowest BCUT2D eigenvalue weighted by atomic mass is 9.97. The summed E-state index contributed by atoms with van der Waals surface area (Å²) in [6, 6.07) is 52.2. The zero-order valence-corrected chi connectivity index (χ0v) is 27.0. The van der Waals surface area contributed by atoms with Gasteiger partial charge in [-0.25, -0.2) is 4.98 Å². The second-order valence-corrected chi connectivity index (χ2v) is 12.8. The largest absolute Gasteiger partial charge is 0.309 e. The molecule has 0 saturated heterocycles. The lowest BCUT2D eigenvalue weighted by Crippen LogP contribution is -1.96. The van der Waals surface area contributed by atoms with E-state index in [1.165, 1.54) is 49.3 Å².